The average Bonchev–Trinajstić information content (AvgIpc) is 3.24. The molecule has 2 aromatic carbocycles. The van der Waals surface area contributed by atoms with E-state index in [1.165, 1.54) is 10.9 Å². The number of fused-ring (bicyclic) bond motifs is 1. The van der Waals surface area contributed by atoms with Gasteiger partial charge < -0.3 is 14.8 Å². The number of amides is 1. The summed E-state index contributed by atoms with van der Waals surface area (Å²) in [5.41, 5.74) is 3.91. The zero-order chi connectivity index (χ0) is 25.1. The molecule has 8 heteroatoms. The van der Waals surface area contributed by atoms with Gasteiger partial charge in [0.05, 0.1) is 13.3 Å². The smallest absolute Gasteiger partial charge is 0.263 e. The predicted molar refractivity (Wildman–Crippen MR) is 134 cm³/mol. The van der Waals surface area contributed by atoms with Gasteiger partial charge in [0.25, 0.3) is 5.91 Å². The second kappa shape index (κ2) is 9.85. The summed E-state index contributed by atoms with van der Waals surface area (Å²) in [4.78, 5) is 17.6. The predicted octanol–water partition coefficient (Wildman–Crippen LogP) is 5.06. The fraction of sp³-hybridized carbons (Fsp3) is 0.259. The molecule has 2 heterocycles. The van der Waals surface area contributed by atoms with Crippen LogP contribution in [0.5, 0.6) is 11.5 Å². The topological polar surface area (TPSA) is 102 Å². The molecule has 4 aromatic rings. The minimum absolute atomic E-state index is 0.211. The molecule has 178 valence electrons. The maximum atomic E-state index is 12.9. The highest BCUT2D eigenvalue weighted by atomic mass is 16.5. The number of anilines is 1. The molecule has 1 N–H and O–H groups in total. The summed E-state index contributed by atoms with van der Waals surface area (Å²) in [7, 11) is 1.59. The van der Waals surface area contributed by atoms with E-state index in [9.17, 15) is 10.1 Å². The number of nitrogens with zero attached hydrogens (tertiary/aromatic N) is 4. The van der Waals surface area contributed by atoms with Gasteiger partial charge >= 0.3 is 0 Å². The number of pyridine rings is 1. The van der Waals surface area contributed by atoms with Gasteiger partial charge in [0.1, 0.15) is 28.6 Å². The number of nitriles is 1. The van der Waals surface area contributed by atoms with E-state index in [2.05, 4.69) is 30.3 Å². The van der Waals surface area contributed by atoms with Gasteiger partial charge in [-0.2, -0.15) is 15.0 Å². The number of benzene rings is 2. The minimum atomic E-state index is -0.408. The fourth-order valence-corrected chi connectivity index (χ4v) is 3.93. The molecule has 0 saturated heterocycles. The van der Waals surface area contributed by atoms with Crippen LogP contribution in [0.25, 0.3) is 16.7 Å². The Morgan fingerprint density at radius 2 is 1.97 bits per heavy atom. The highest BCUT2D eigenvalue weighted by Crippen LogP contribution is 2.30. The summed E-state index contributed by atoms with van der Waals surface area (Å²) >= 11 is 0. The molecule has 2 aromatic heterocycles. The molecule has 35 heavy (non-hydrogen) atoms. The van der Waals surface area contributed by atoms with Crippen molar-refractivity contribution >= 4 is 22.6 Å². The van der Waals surface area contributed by atoms with Crippen molar-refractivity contribution in [3.63, 3.8) is 0 Å². The lowest BCUT2D eigenvalue weighted by Crippen LogP contribution is -2.23. The second-order valence-electron chi connectivity index (χ2n) is 8.62. The second-order valence-corrected chi connectivity index (χ2v) is 8.62. The van der Waals surface area contributed by atoms with Crippen LogP contribution in [0.15, 0.2) is 48.7 Å². The van der Waals surface area contributed by atoms with Crippen molar-refractivity contribution in [1.29, 1.82) is 5.26 Å². The van der Waals surface area contributed by atoms with Crippen molar-refractivity contribution in [1.82, 2.24) is 14.8 Å². The van der Waals surface area contributed by atoms with Crippen LogP contribution in [0.3, 0.4) is 0 Å². The molecule has 0 atom stereocenters. The Kier molecular flexibility index (Phi) is 6.69. The van der Waals surface area contributed by atoms with E-state index in [1.807, 2.05) is 56.3 Å². The number of nitrogens with one attached hydrogen (secondary N) is 1. The lowest BCUT2D eigenvalue weighted by molar-refractivity contribution is -0.118. The third-order valence-electron chi connectivity index (χ3n) is 5.73. The number of carbonyl (C=O) groups excluding carboxylic acids is 1. The van der Waals surface area contributed by atoms with Gasteiger partial charge in [-0.1, -0.05) is 38.1 Å². The van der Waals surface area contributed by atoms with Crippen LogP contribution in [-0.4, -0.2) is 34.4 Å². The van der Waals surface area contributed by atoms with Crippen molar-refractivity contribution in [2.75, 3.05) is 19.0 Å². The lowest BCUT2D eigenvalue weighted by atomic mass is 10.0. The molecule has 0 aliphatic heterocycles. The number of hydrogen-bond donors (Lipinski definition) is 1. The standard InChI is InChI=1S/C27H27N5O3/c1-16(2)20-10-9-17(3)11-23(20)35-15-25(33)31-27-19(13-28)14-29-32(27)24-12-18(4)21-7-6-8-22(34-5)26(21)30-24/h6-12,14,16H,15H2,1-5H3,(H,31,33). The SMILES string of the molecule is COc1cccc2c(C)cc(-n3ncc(C#N)c3NC(=O)COc3cc(C)ccc3C(C)C)nc12. The van der Waals surface area contributed by atoms with Crippen LogP contribution < -0.4 is 14.8 Å². The molecule has 4 rings (SSSR count). The van der Waals surface area contributed by atoms with E-state index in [0.717, 1.165) is 22.1 Å². The molecule has 0 bridgehead atoms. The molecule has 0 aliphatic rings. The summed E-state index contributed by atoms with van der Waals surface area (Å²) in [6, 6.07) is 15.6. The number of rotatable bonds is 7. The van der Waals surface area contributed by atoms with Crippen molar-refractivity contribution < 1.29 is 14.3 Å². The Hall–Kier alpha value is -4.38. The first-order chi connectivity index (χ1) is 16.8. The quantitative estimate of drug-likeness (QED) is 0.406. The molecular weight excluding hydrogens is 442 g/mol. The average molecular weight is 470 g/mol. The number of carbonyl (C=O) groups is 1. The molecule has 0 saturated carbocycles. The maximum Gasteiger partial charge on any atom is 0.263 e. The van der Waals surface area contributed by atoms with Crippen LogP contribution in [0.2, 0.25) is 0 Å². The van der Waals surface area contributed by atoms with Crippen molar-refractivity contribution in [3.05, 3.63) is 70.9 Å². The minimum Gasteiger partial charge on any atom is -0.494 e. The zero-order valence-electron chi connectivity index (χ0n) is 20.4. The highest BCUT2D eigenvalue weighted by molar-refractivity contribution is 5.93. The number of aromatic nitrogens is 3. The first-order valence-corrected chi connectivity index (χ1v) is 11.3. The summed E-state index contributed by atoms with van der Waals surface area (Å²) in [5, 5.41) is 17.7. The summed E-state index contributed by atoms with van der Waals surface area (Å²) in [5.74, 6) is 1.82. The Morgan fingerprint density at radius 1 is 1.17 bits per heavy atom. The molecule has 0 spiro atoms. The van der Waals surface area contributed by atoms with E-state index in [0.29, 0.717) is 22.8 Å². The summed E-state index contributed by atoms with van der Waals surface area (Å²) < 4.78 is 12.8. The van der Waals surface area contributed by atoms with Crippen LogP contribution in [0, 0.1) is 25.2 Å². The third kappa shape index (κ3) is 4.80. The van der Waals surface area contributed by atoms with Gasteiger partial charge in [-0.3, -0.25) is 4.79 Å². The van der Waals surface area contributed by atoms with Crippen molar-refractivity contribution in [2.24, 2.45) is 0 Å². The van der Waals surface area contributed by atoms with Crippen LogP contribution in [-0.2, 0) is 4.79 Å². The fourth-order valence-electron chi connectivity index (χ4n) is 3.93. The Labute approximate surface area is 204 Å². The van der Waals surface area contributed by atoms with E-state index >= 15 is 0 Å². The van der Waals surface area contributed by atoms with E-state index in [4.69, 9.17) is 14.5 Å². The molecule has 0 aliphatic carbocycles. The van der Waals surface area contributed by atoms with Crippen molar-refractivity contribution in [3.8, 4) is 23.4 Å². The van der Waals surface area contributed by atoms with Gasteiger partial charge in [-0.15, -0.1) is 0 Å². The van der Waals surface area contributed by atoms with E-state index in [1.54, 1.807) is 7.11 Å². The van der Waals surface area contributed by atoms with Crippen LogP contribution in [0.4, 0.5) is 5.82 Å². The van der Waals surface area contributed by atoms with Crippen LogP contribution in [0.1, 0.15) is 42.0 Å². The van der Waals surface area contributed by atoms with Crippen LogP contribution >= 0.6 is 0 Å². The van der Waals surface area contributed by atoms with Gasteiger partial charge in [0, 0.05) is 5.39 Å². The number of aryl methyl sites for hydroxylation is 2. The molecular formula is C27H27N5O3. The Morgan fingerprint density at radius 3 is 2.69 bits per heavy atom. The first kappa shape index (κ1) is 23.8. The maximum absolute atomic E-state index is 12.9. The Bertz CT molecular complexity index is 1450. The monoisotopic (exact) mass is 469 g/mol. The normalized spacial score (nSPS) is 10.9. The van der Waals surface area contributed by atoms with E-state index < -0.39 is 5.91 Å². The first-order valence-electron chi connectivity index (χ1n) is 11.3. The zero-order valence-corrected chi connectivity index (χ0v) is 20.4. The van der Waals surface area contributed by atoms with E-state index in [-0.39, 0.29) is 23.9 Å². The molecule has 0 radical (unpaired) electrons. The van der Waals surface area contributed by atoms with Gasteiger partial charge in [0.2, 0.25) is 0 Å². The van der Waals surface area contributed by atoms with Gasteiger partial charge in [-0.25, -0.2) is 4.98 Å². The molecule has 0 unspecified atom stereocenters. The third-order valence-corrected chi connectivity index (χ3v) is 5.73. The summed E-state index contributed by atoms with van der Waals surface area (Å²) in [6.45, 7) is 7.87. The van der Waals surface area contributed by atoms with Gasteiger partial charge in [-0.05, 0) is 54.7 Å². The number of ether oxygens (including phenoxy) is 2. The number of hydrogen-bond acceptors (Lipinski definition) is 6. The van der Waals surface area contributed by atoms with Crippen molar-refractivity contribution in [2.45, 2.75) is 33.6 Å². The molecule has 8 nitrogen and oxygen atoms in total. The highest BCUT2D eigenvalue weighted by Gasteiger charge is 2.19. The molecule has 1 amide bonds. The number of methoxy groups -OCH3 is 1. The largest absolute Gasteiger partial charge is 0.494 e. The summed E-state index contributed by atoms with van der Waals surface area (Å²) in [6.07, 6.45) is 1.40. The lowest BCUT2D eigenvalue weighted by Gasteiger charge is -2.15. The number of para-hydroxylation sites is 1. The van der Waals surface area contributed by atoms with Gasteiger partial charge in [0.15, 0.2) is 18.2 Å². The molecule has 0 fully saturated rings. The Balaban J connectivity index is 1.64.